The maximum atomic E-state index is 12.5. The highest BCUT2D eigenvalue weighted by molar-refractivity contribution is 5.89. The fraction of sp³-hybridized carbons (Fsp3) is 0.650. The molecule has 0 unspecified atom stereocenters. The molecule has 0 aliphatic carbocycles. The highest BCUT2D eigenvalue weighted by atomic mass is 16.5. The number of benzene rings is 2. The summed E-state index contributed by atoms with van der Waals surface area (Å²) in [7, 11) is 0. The van der Waals surface area contributed by atoms with E-state index in [0.717, 1.165) is 62.5 Å². The van der Waals surface area contributed by atoms with E-state index in [2.05, 4.69) is 66.0 Å². The van der Waals surface area contributed by atoms with Gasteiger partial charge in [-0.1, -0.05) is 24.3 Å². The van der Waals surface area contributed by atoms with Crippen LogP contribution in [-0.4, -0.2) is 79.9 Å². The Morgan fingerprint density at radius 2 is 0.880 bits per heavy atom. The van der Waals surface area contributed by atoms with Crippen molar-refractivity contribution in [2.45, 2.75) is 154 Å². The van der Waals surface area contributed by atoms with E-state index in [9.17, 15) is 20.0 Å². The normalized spacial score (nSPS) is 20.2. The average Bonchev–Trinajstić information content (AvgIpc) is 2.99. The third-order valence-electron chi connectivity index (χ3n) is 9.75. The number of esters is 2. The van der Waals surface area contributed by atoms with Crippen molar-refractivity contribution in [3.05, 3.63) is 70.8 Å². The van der Waals surface area contributed by atoms with Crippen LogP contribution in [0.3, 0.4) is 0 Å². The zero-order chi connectivity index (χ0) is 36.7. The highest BCUT2D eigenvalue weighted by Crippen LogP contribution is 2.33. The van der Waals surface area contributed by atoms with Crippen molar-refractivity contribution in [3.63, 3.8) is 0 Å². The largest absolute Gasteiger partial charge is 0.462 e. The van der Waals surface area contributed by atoms with Crippen molar-refractivity contribution in [2.24, 2.45) is 0 Å². The Labute approximate surface area is 299 Å². The number of carbonyl (C=O) groups excluding carboxylic acids is 2. The molecule has 10 nitrogen and oxygen atoms in total. The topological polar surface area (TPSA) is 124 Å². The Morgan fingerprint density at radius 3 is 1.18 bits per heavy atom. The third-order valence-corrected chi connectivity index (χ3v) is 9.75. The van der Waals surface area contributed by atoms with Crippen LogP contribution in [0.1, 0.15) is 139 Å². The first-order chi connectivity index (χ1) is 23.3. The molecule has 4 N–H and O–H groups in total. The van der Waals surface area contributed by atoms with Gasteiger partial charge in [0.1, 0.15) is 0 Å². The molecule has 0 atom stereocenters. The highest BCUT2D eigenvalue weighted by Gasteiger charge is 2.41. The van der Waals surface area contributed by atoms with Crippen LogP contribution in [-0.2, 0) is 22.6 Å². The summed E-state index contributed by atoms with van der Waals surface area (Å²) in [5.74, 6) is -0.713. The first-order valence-electron chi connectivity index (χ1n) is 18.3. The van der Waals surface area contributed by atoms with Crippen LogP contribution in [0.5, 0.6) is 0 Å². The summed E-state index contributed by atoms with van der Waals surface area (Å²) < 4.78 is 10.9. The fourth-order valence-corrected chi connectivity index (χ4v) is 8.14. The van der Waals surface area contributed by atoms with Gasteiger partial charge < -0.3 is 30.5 Å². The number of unbranched alkanes of at least 4 members (excludes halogenated alkanes) is 3. The summed E-state index contributed by atoms with van der Waals surface area (Å²) in [5, 5.41) is 31.8. The number of hydrogen-bond acceptors (Lipinski definition) is 10. The zero-order valence-corrected chi connectivity index (χ0v) is 31.7. The van der Waals surface area contributed by atoms with E-state index in [4.69, 9.17) is 9.47 Å². The van der Waals surface area contributed by atoms with Gasteiger partial charge in [-0.3, -0.25) is 0 Å². The monoisotopic (exact) mass is 694 g/mol. The standard InChI is InChI=1S/C40H62N4O6/c1-37(2)23-33(24-38(3,4)41-37)43(47)27-29-13-17-31(18-14-29)35(45)49-21-11-9-10-12-22-50-36(46)32-19-15-30(16-20-32)28-44(48)34-25-39(5,6)42-40(7,8)26-34/h13-20,33-34,41-42,47-48H,9-12,21-28H2,1-8H3. The van der Waals surface area contributed by atoms with E-state index >= 15 is 0 Å². The first-order valence-corrected chi connectivity index (χ1v) is 18.3. The molecule has 10 heteroatoms. The summed E-state index contributed by atoms with van der Waals surface area (Å²) in [5.41, 5.74) is 2.62. The minimum absolute atomic E-state index is 0.0474. The molecule has 0 radical (unpaired) electrons. The Balaban J connectivity index is 1.07. The molecular weight excluding hydrogens is 632 g/mol. The predicted molar refractivity (Wildman–Crippen MR) is 195 cm³/mol. The third kappa shape index (κ3) is 12.4. The number of hydroxylamine groups is 4. The second-order valence-electron chi connectivity index (χ2n) is 17.2. The Bertz CT molecular complexity index is 1270. The molecule has 278 valence electrons. The molecule has 2 aliphatic heterocycles. The summed E-state index contributed by atoms with van der Waals surface area (Å²) in [6.45, 7) is 18.8. The Kier molecular flexibility index (Phi) is 13.3. The van der Waals surface area contributed by atoms with Crippen molar-refractivity contribution < 1.29 is 29.5 Å². The van der Waals surface area contributed by atoms with Gasteiger partial charge in [0, 0.05) is 47.3 Å². The van der Waals surface area contributed by atoms with Gasteiger partial charge in [0.2, 0.25) is 0 Å². The molecule has 2 aliphatic rings. The molecule has 0 bridgehead atoms. The maximum Gasteiger partial charge on any atom is 0.338 e. The number of hydrogen-bond donors (Lipinski definition) is 4. The van der Waals surface area contributed by atoms with Crippen molar-refractivity contribution in [1.29, 1.82) is 0 Å². The van der Waals surface area contributed by atoms with Gasteiger partial charge in [-0.2, -0.15) is 10.1 Å². The number of rotatable bonds is 15. The van der Waals surface area contributed by atoms with Crippen LogP contribution in [0, 0.1) is 0 Å². The average molecular weight is 695 g/mol. The van der Waals surface area contributed by atoms with E-state index in [-0.39, 0.29) is 46.2 Å². The zero-order valence-electron chi connectivity index (χ0n) is 31.7. The summed E-state index contributed by atoms with van der Waals surface area (Å²) >= 11 is 0. The minimum atomic E-state index is -0.356. The molecule has 2 aromatic rings. The molecular formula is C40H62N4O6. The Hall–Kier alpha value is -2.86. The van der Waals surface area contributed by atoms with Crippen LogP contribution < -0.4 is 10.6 Å². The Morgan fingerprint density at radius 1 is 0.580 bits per heavy atom. The van der Waals surface area contributed by atoms with Gasteiger partial charge in [-0.15, -0.1) is 0 Å². The van der Waals surface area contributed by atoms with Gasteiger partial charge in [0.15, 0.2) is 0 Å². The molecule has 4 rings (SSSR count). The van der Waals surface area contributed by atoms with E-state index < -0.39 is 0 Å². The van der Waals surface area contributed by atoms with Crippen molar-refractivity contribution in [2.75, 3.05) is 13.2 Å². The smallest absolute Gasteiger partial charge is 0.338 e. The predicted octanol–water partition coefficient (Wildman–Crippen LogP) is 7.26. The number of nitrogens with one attached hydrogen (secondary N) is 2. The molecule has 2 saturated heterocycles. The molecule has 50 heavy (non-hydrogen) atoms. The lowest BCUT2D eigenvalue weighted by molar-refractivity contribution is -0.156. The summed E-state index contributed by atoms with van der Waals surface area (Å²) in [4.78, 5) is 25.1. The van der Waals surface area contributed by atoms with Crippen molar-refractivity contribution in [3.8, 4) is 0 Å². The van der Waals surface area contributed by atoms with Crippen LogP contribution in [0.25, 0.3) is 0 Å². The molecule has 0 amide bonds. The number of nitrogens with zero attached hydrogens (tertiary/aromatic N) is 2. The van der Waals surface area contributed by atoms with E-state index in [1.807, 2.05) is 24.3 Å². The molecule has 0 aromatic heterocycles. The SMILES string of the molecule is CC1(C)CC(N(O)Cc2ccc(C(=O)OCCCCCCOC(=O)c3ccc(CN(O)C4CC(C)(C)NC(C)(C)C4)cc3)cc2)CC(C)(C)N1. The van der Waals surface area contributed by atoms with E-state index in [1.165, 1.54) is 10.1 Å². The number of ether oxygens (including phenoxy) is 2. The minimum Gasteiger partial charge on any atom is -0.462 e. The number of piperidine rings is 2. The molecule has 0 spiro atoms. The lowest BCUT2D eigenvalue weighted by atomic mass is 9.79. The lowest BCUT2D eigenvalue weighted by Gasteiger charge is -2.48. The second-order valence-corrected chi connectivity index (χ2v) is 17.2. The maximum absolute atomic E-state index is 12.5. The van der Waals surface area contributed by atoms with Gasteiger partial charge in [0.25, 0.3) is 0 Å². The van der Waals surface area contributed by atoms with Crippen LogP contribution in [0.2, 0.25) is 0 Å². The summed E-state index contributed by atoms with van der Waals surface area (Å²) in [6.07, 6.45) is 6.57. The fourth-order valence-electron chi connectivity index (χ4n) is 8.14. The first kappa shape index (κ1) is 39.9. The van der Waals surface area contributed by atoms with Crippen LogP contribution >= 0.6 is 0 Å². The van der Waals surface area contributed by atoms with E-state index in [0.29, 0.717) is 37.4 Å². The number of carbonyl (C=O) groups is 2. The van der Waals surface area contributed by atoms with Gasteiger partial charge in [-0.05, 0) is 142 Å². The molecule has 2 fully saturated rings. The van der Waals surface area contributed by atoms with Crippen molar-refractivity contribution >= 4 is 11.9 Å². The summed E-state index contributed by atoms with van der Waals surface area (Å²) in [6, 6.07) is 14.6. The van der Waals surface area contributed by atoms with Crippen LogP contribution in [0.15, 0.2) is 48.5 Å². The van der Waals surface area contributed by atoms with Crippen molar-refractivity contribution in [1.82, 2.24) is 20.8 Å². The molecule has 2 aromatic carbocycles. The molecule has 2 heterocycles. The lowest BCUT2D eigenvalue weighted by Crippen LogP contribution is -2.61. The quantitative estimate of drug-likeness (QED) is 0.0861. The van der Waals surface area contributed by atoms with Gasteiger partial charge >= 0.3 is 11.9 Å². The van der Waals surface area contributed by atoms with Gasteiger partial charge in [0.05, 0.1) is 24.3 Å². The second kappa shape index (κ2) is 16.7. The van der Waals surface area contributed by atoms with Gasteiger partial charge in [-0.25, -0.2) is 9.59 Å². The van der Waals surface area contributed by atoms with E-state index in [1.54, 1.807) is 24.3 Å². The van der Waals surface area contributed by atoms with Crippen LogP contribution in [0.4, 0.5) is 0 Å². The molecule has 0 saturated carbocycles.